The predicted molar refractivity (Wildman–Crippen MR) is 152 cm³/mol. The van der Waals surface area contributed by atoms with Crippen LogP contribution in [0.15, 0.2) is 35.7 Å². The smallest absolute Gasteiger partial charge is 0.341 e. The van der Waals surface area contributed by atoms with E-state index >= 15 is 4.39 Å². The van der Waals surface area contributed by atoms with Gasteiger partial charge in [-0.3, -0.25) is 10.2 Å². The molecule has 0 saturated carbocycles. The molecule has 3 aromatic rings. The van der Waals surface area contributed by atoms with Gasteiger partial charge in [0, 0.05) is 28.1 Å². The predicted octanol–water partition coefficient (Wildman–Crippen LogP) is 6.14. The highest BCUT2D eigenvalue weighted by Crippen LogP contribution is 2.43. The van der Waals surface area contributed by atoms with Crippen molar-refractivity contribution in [2.45, 2.75) is 46.6 Å². The summed E-state index contributed by atoms with van der Waals surface area (Å²) in [5.74, 6) is -1.47. The molecule has 0 unspecified atom stereocenters. The number of ketones is 1. The summed E-state index contributed by atoms with van der Waals surface area (Å²) in [5.41, 5.74) is 1.89. The Kier molecular flexibility index (Phi) is 8.48. The number of carboxylic acids is 1. The molecule has 1 aliphatic rings. The second-order valence-corrected chi connectivity index (χ2v) is 11.3. The van der Waals surface area contributed by atoms with Crippen LogP contribution in [0.3, 0.4) is 0 Å². The van der Waals surface area contributed by atoms with E-state index in [9.17, 15) is 14.7 Å². The molecule has 0 saturated heterocycles. The van der Waals surface area contributed by atoms with Gasteiger partial charge >= 0.3 is 5.97 Å². The van der Waals surface area contributed by atoms with Gasteiger partial charge in [0.2, 0.25) is 0 Å². The maximum atomic E-state index is 15.5. The third kappa shape index (κ3) is 5.82. The zero-order valence-corrected chi connectivity index (χ0v) is 24.0. The fourth-order valence-corrected chi connectivity index (χ4v) is 5.41. The number of carboxylic acid groups (broad SMARTS) is 1. The Bertz CT molecular complexity index is 1450. The molecule has 0 fully saturated rings. The van der Waals surface area contributed by atoms with E-state index in [1.54, 1.807) is 32.0 Å². The van der Waals surface area contributed by atoms with Crippen molar-refractivity contribution in [1.29, 1.82) is 5.41 Å². The largest absolute Gasteiger partial charge is 0.490 e. The highest BCUT2D eigenvalue weighted by molar-refractivity contribution is 7.13. The number of hydrogen-bond acceptors (Lipinski definition) is 7. The van der Waals surface area contributed by atoms with Crippen LogP contribution >= 0.6 is 11.3 Å². The van der Waals surface area contributed by atoms with Gasteiger partial charge < -0.3 is 24.2 Å². The molecule has 0 radical (unpaired) electrons. The molecule has 0 atom stereocenters. The Morgan fingerprint density at radius 2 is 1.82 bits per heavy atom. The Hall–Kier alpha value is -3.92. The van der Waals surface area contributed by atoms with Crippen LogP contribution in [-0.4, -0.2) is 54.0 Å². The number of benzene rings is 2. The number of nitrogens with zero attached hydrogens (tertiary/aromatic N) is 1. The third-order valence-electron chi connectivity index (χ3n) is 6.45. The van der Waals surface area contributed by atoms with E-state index in [0.29, 0.717) is 34.6 Å². The Morgan fingerprint density at radius 1 is 1.10 bits per heavy atom. The van der Waals surface area contributed by atoms with Crippen LogP contribution in [0, 0.1) is 11.2 Å². The van der Waals surface area contributed by atoms with E-state index in [-0.39, 0.29) is 48.4 Å². The number of halogens is 1. The maximum absolute atomic E-state index is 15.5. The number of amidine groups is 1. The summed E-state index contributed by atoms with van der Waals surface area (Å²) in [5, 5.41) is 19.8. The van der Waals surface area contributed by atoms with Crippen molar-refractivity contribution in [1.82, 2.24) is 4.90 Å². The molecule has 40 heavy (non-hydrogen) atoms. The number of nitrogens with one attached hydrogen (secondary N) is 1. The summed E-state index contributed by atoms with van der Waals surface area (Å²) in [6.07, 6.45) is 0. The lowest BCUT2D eigenvalue weighted by Crippen LogP contribution is -2.30. The Morgan fingerprint density at radius 3 is 2.42 bits per heavy atom. The van der Waals surface area contributed by atoms with E-state index in [1.807, 2.05) is 38.3 Å². The molecule has 0 amide bonds. The van der Waals surface area contributed by atoms with Crippen LogP contribution in [-0.2, 0) is 16.8 Å². The molecule has 2 N–H and O–H groups in total. The van der Waals surface area contributed by atoms with Crippen molar-refractivity contribution in [2.24, 2.45) is 0 Å². The first-order valence-corrected chi connectivity index (χ1v) is 13.9. The minimum absolute atomic E-state index is 0.0339. The SMILES string of the molecule is CCOc1cc2c(c(F)c1OCC)C(=N)N(CC(=O)c1cc(-c3cccs3)c(OCC(=O)O)c(C(C)(C)C)c1)C2. The molecular weight excluding hydrogens is 535 g/mol. The molecule has 10 heteroatoms. The van der Waals surface area contributed by atoms with Crippen molar-refractivity contribution in [2.75, 3.05) is 26.4 Å². The summed E-state index contributed by atoms with van der Waals surface area (Å²) in [6.45, 7) is 9.49. The van der Waals surface area contributed by atoms with Crippen molar-refractivity contribution < 1.29 is 33.3 Å². The van der Waals surface area contributed by atoms with Gasteiger partial charge in [-0.1, -0.05) is 26.8 Å². The fourth-order valence-electron chi connectivity index (χ4n) is 4.67. The van der Waals surface area contributed by atoms with E-state index < -0.39 is 23.8 Å². The fraction of sp³-hybridized carbons (Fsp3) is 0.367. The molecule has 212 valence electrons. The molecule has 0 aliphatic carbocycles. The summed E-state index contributed by atoms with van der Waals surface area (Å²) in [4.78, 5) is 27.4. The molecule has 1 aromatic heterocycles. The monoisotopic (exact) mass is 568 g/mol. The number of thiophene rings is 1. The zero-order chi connectivity index (χ0) is 29.2. The van der Waals surface area contributed by atoms with Gasteiger partial charge in [0.15, 0.2) is 29.7 Å². The molecule has 2 aromatic carbocycles. The van der Waals surface area contributed by atoms with Crippen molar-refractivity contribution in [3.63, 3.8) is 0 Å². The molecule has 0 spiro atoms. The molecular formula is C30H33FN2O6S. The maximum Gasteiger partial charge on any atom is 0.341 e. The number of carbonyl (C=O) groups excluding carboxylic acids is 1. The second-order valence-electron chi connectivity index (χ2n) is 10.4. The van der Waals surface area contributed by atoms with Crippen LogP contribution in [0.4, 0.5) is 4.39 Å². The normalized spacial score (nSPS) is 12.8. The Balaban J connectivity index is 1.71. The highest BCUT2D eigenvalue weighted by atomic mass is 32.1. The van der Waals surface area contributed by atoms with Crippen LogP contribution in [0.1, 0.15) is 61.7 Å². The number of carbonyl (C=O) groups is 2. The van der Waals surface area contributed by atoms with Gasteiger partial charge in [-0.05, 0) is 54.5 Å². The molecule has 1 aliphatic heterocycles. The molecule has 2 heterocycles. The molecule has 0 bridgehead atoms. The lowest BCUT2D eigenvalue weighted by molar-refractivity contribution is -0.139. The minimum atomic E-state index is -1.10. The average Bonchev–Trinajstić information content (AvgIpc) is 3.53. The quantitative estimate of drug-likeness (QED) is 0.268. The standard InChI is InChI=1S/C30H33FN2O6S/c1-6-37-22-13-18-14-33(29(32)25(18)26(31)28(22)38-7-2)15-21(34)17-11-19(23-9-8-10-40-23)27(39-16-24(35)36)20(12-17)30(3,4)5/h8-13,32H,6-7,14-16H2,1-5H3,(H,35,36). The molecule has 4 rings (SSSR count). The van der Waals surface area contributed by atoms with E-state index in [4.69, 9.17) is 19.6 Å². The van der Waals surface area contributed by atoms with Gasteiger partial charge in [-0.25, -0.2) is 9.18 Å². The lowest BCUT2D eigenvalue weighted by atomic mass is 9.83. The first kappa shape index (κ1) is 29.1. The minimum Gasteiger partial charge on any atom is -0.490 e. The number of fused-ring (bicyclic) bond motifs is 1. The number of ether oxygens (including phenoxy) is 3. The first-order valence-electron chi connectivity index (χ1n) is 13.0. The Labute approximate surface area is 236 Å². The van der Waals surface area contributed by atoms with Crippen LogP contribution in [0.5, 0.6) is 17.2 Å². The van der Waals surface area contributed by atoms with Crippen LogP contribution < -0.4 is 14.2 Å². The summed E-state index contributed by atoms with van der Waals surface area (Å²) in [7, 11) is 0. The first-order chi connectivity index (χ1) is 19.0. The lowest BCUT2D eigenvalue weighted by Gasteiger charge is -2.26. The third-order valence-corrected chi connectivity index (χ3v) is 7.35. The van der Waals surface area contributed by atoms with E-state index in [1.165, 1.54) is 16.2 Å². The van der Waals surface area contributed by atoms with Gasteiger partial charge in [-0.2, -0.15) is 0 Å². The van der Waals surface area contributed by atoms with Crippen molar-refractivity contribution >= 4 is 28.9 Å². The van der Waals surface area contributed by atoms with Crippen molar-refractivity contribution in [3.8, 4) is 27.7 Å². The summed E-state index contributed by atoms with van der Waals surface area (Å²) >= 11 is 1.45. The van der Waals surface area contributed by atoms with Gasteiger partial charge in [0.1, 0.15) is 11.6 Å². The highest BCUT2D eigenvalue weighted by Gasteiger charge is 2.34. The van der Waals surface area contributed by atoms with Crippen LogP contribution in [0.25, 0.3) is 10.4 Å². The van der Waals surface area contributed by atoms with Gasteiger partial charge in [0.05, 0.1) is 25.3 Å². The zero-order valence-electron chi connectivity index (χ0n) is 23.2. The average molecular weight is 569 g/mol. The van der Waals surface area contributed by atoms with Gasteiger partial charge in [0.25, 0.3) is 0 Å². The number of aliphatic carboxylic acids is 1. The number of hydrogen-bond donors (Lipinski definition) is 2. The number of rotatable bonds is 11. The summed E-state index contributed by atoms with van der Waals surface area (Å²) < 4.78 is 32.3. The second kappa shape index (κ2) is 11.7. The number of Topliss-reactive ketones (excluding diaryl/α,β-unsaturated/α-hetero) is 1. The van der Waals surface area contributed by atoms with E-state index in [0.717, 1.165) is 4.88 Å². The van der Waals surface area contributed by atoms with Gasteiger partial charge in [-0.15, -0.1) is 11.3 Å². The van der Waals surface area contributed by atoms with Crippen molar-refractivity contribution in [3.05, 3.63) is 63.8 Å². The molecule has 8 nitrogen and oxygen atoms in total. The van der Waals surface area contributed by atoms with E-state index in [2.05, 4.69) is 0 Å². The van der Waals surface area contributed by atoms with Crippen LogP contribution in [0.2, 0.25) is 0 Å². The summed E-state index contributed by atoms with van der Waals surface area (Å²) in [6, 6.07) is 8.86. The topological polar surface area (TPSA) is 109 Å².